The molecule has 2 aromatic carbocycles. The number of rotatable bonds is 5. The molecule has 1 heterocycles. The molecule has 2 N–H and O–H groups in total. The maximum absolute atomic E-state index is 11.2. The smallest absolute Gasteiger partial charge is 0.223 e. The van der Waals surface area contributed by atoms with Gasteiger partial charge in [0.2, 0.25) is 11.9 Å². The third-order valence-electron chi connectivity index (χ3n) is 5.46. The van der Waals surface area contributed by atoms with Crippen LogP contribution in [0.4, 0.5) is 5.95 Å². The molecule has 1 aromatic heterocycles. The number of benzene rings is 2. The van der Waals surface area contributed by atoms with Crippen LogP contribution < -0.4 is 10.6 Å². The van der Waals surface area contributed by atoms with E-state index >= 15 is 0 Å². The Bertz CT molecular complexity index is 1020. The third-order valence-corrected chi connectivity index (χ3v) is 5.73. The molecule has 154 valence electrons. The summed E-state index contributed by atoms with van der Waals surface area (Å²) in [7, 11) is 0. The van der Waals surface area contributed by atoms with Crippen LogP contribution in [0.5, 0.6) is 0 Å². The number of anilines is 1. The summed E-state index contributed by atoms with van der Waals surface area (Å²) < 4.78 is 0. The van der Waals surface area contributed by atoms with Crippen LogP contribution in [0.1, 0.15) is 32.6 Å². The van der Waals surface area contributed by atoms with Crippen molar-refractivity contribution in [2.75, 3.05) is 5.32 Å². The van der Waals surface area contributed by atoms with Gasteiger partial charge in [-0.3, -0.25) is 4.79 Å². The van der Waals surface area contributed by atoms with Gasteiger partial charge in [-0.25, -0.2) is 9.97 Å². The molecule has 0 aliphatic heterocycles. The molecule has 0 bridgehead atoms. The zero-order valence-corrected chi connectivity index (χ0v) is 17.7. The molecule has 0 radical (unpaired) electrons. The maximum Gasteiger partial charge on any atom is 0.223 e. The van der Waals surface area contributed by atoms with Gasteiger partial charge in [0.1, 0.15) is 0 Å². The molecule has 1 aliphatic carbocycles. The summed E-state index contributed by atoms with van der Waals surface area (Å²) in [5.41, 5.74) is 3.95. The summed E-state index contributed by atoms with van der Waals surface area (Å²) in [6.07, 6.45) is 5.50. The van der Waals surface area contributed by atoms with Crippen molar-refractivity contribution < 1.29 is 4.79 Å². The predicted molar refractivity (Wildman–Crippen MR) is 121 cm³/mol. The van der Waals surface area contributed by atoms with Crippen molar-refractivity contribution in [1.29, 1.82) is 0 Å². The van der Waals surface area contributed by atoms with Crippen LogP contribution in [0.3, 0.4) is 0 Å². The lowest BCUT2D eigenvalue weighted by atomic mass is 9.91. The first kappa shape index (κ1) is 20.4. The summed E-state index contributed by atoms with van der Waals surface area (Å²) in [6, 6.07) is 19.0. The molecule has 3 aromatic rings. The SMILES string of the molecule is CC(=O)N[C@H]1CC[C@@H](Nc2ncc(Cl)c(-c3cccc(-c4ccccc4)c3)n2)CC1. The first-order valence-corrected chi connectivity index (χ1v) is 10.7. The van der Waals surface area contributed by atoms with Crippen molar-refractivity contribution >= 4 is 23.5 Å². The van der Waals surface area contributed by atoms with Gasteiger partial charge in [0, 0.05) is 24.6 Å². The highest BCUT2D eigenvalue weighted by atomic mass is 35.5. The van der Waals surface area contributed by atoms with Crippen LogP contribution in [0.25, 0.3) is 22.4 Å². The summed E-state index contributed by atoms with van der Waals surface area (Å²) in [5, 5.41) is 6.98. The monoisotopic (exact) mass is 420 g/mol. The van der Waals surface area contributed by atoms with E-state index in [2.05, 4.69) is 39.9 Å². The minimum Gasteiger partial charge on any atom is -0.354 e. The molecular formula is C24H25ClN4O. The van der Waals surface area contributed by atoms with Gasteiger partial charge in [-0.2, -0.15) is 0 Å². The van der Waals surface area contributed by atoms with E-state index in [0.717, 1.165) is 48.1 Å². The zero-order valence-electron chi connectivity index (χ0n) is 16.9. The molecule has 1 fully saturated rings. The van der Waals surface area contributed by atoms with Crippen molar-refractivity contribution in [3.05, 3.63) is 65.8 Å². The third kappa shape index (κ3) is 4.97. The van der Waals surface area contributed by atoms with Gasteiger partial charge in [-0.15, -0.1) is 0 Å². The first-order valence-electron chi connectivity index (χ1n) is 10.3. The first-order chi connectivity index (χ1) is 14.6. The average molecular weight is 421 g/mol. The van der Waals surface area contributed by atoms with Gasteiger partial charge in [0.25, 0.3) is 0 Å². The van der Waals surface area contributed by atoms with E-state index in [1.54, 1.807) is 13.1 Å². The quantitative estimate of drug-likeness (QED) is 0.586. The van der Waals surface area contributed by atoms with Crippen LogP contribution in [-0.4, -0.2) is 28.0 Å². The number of hydrogen-bond acceptors (Lipinski definition) is 4. The van der Waals surface area contributed by atoms with E-state index in [9.17, 15) is 4.79 Å². The number of nitrogens with one attached hydrogen (secondary N) is 2. The molecule has 0 unspecified atom stereocenters. The van der Waals surface area contributed by atoms with Crippen LogP contribution in [-0.2, 0) is 4.79 Å². The topological polar surface area (TPSA) is 66.9 Å². The minimum absolute atomic E-state index is 0.0369. The van der Waals surface area contributed by atoms with E-state index in [1.807, 2.05) is 30.3 Å². The minimum atomic E-state index is 0.0369. The molecular weight excluding hydrogens is 396 g/mol. The fourth-order valence-electron chi connectivity index (χ4n) is 3.97. The van der Waals surface area contributed by atoms with E-state index < -0.39 is 0 Å². The van der Waals surface area contributed by atoms with Crippen molar-refractivity contribution in [1.82, 2.24) is 15.3 Å². The molecule has 0 atom stereocenters. The average Bonchev–Trinajstić information content (AvgIpc) is 2.77. The van der Waals surface area contributed by atoms with Crippen LogP contribution >= 0.6 is 11.6 Å². The van der Waals surface area contributed by atoms with Crippen LogP contribution in [0, 0.1) is 0 Å². The van der Waals surface area contributed by atoms with E-state index in [0.29, 0.717) is 17.0 Å². The molecule has 30 heavy (non-hydrogen) atoms. The van der Waals surface area contributed by atoms with Gasteiger partial charge >= 0.3 is 0 Å². The second-order valence-electron chi connectivity index (χ2n) is 7.73. The number of amides is 1. The number of carbonyl (C=O) groups excluding carboxylic acids is 1. The fraction of sp³-hybridized carbons (Fsp3) is 0.292. The number of aromatic nitrogens is 2. The lowest BCUT2D eigenvalue weighted by molar-refractivity contribution is -0.119. The molecule has 5 nitrogen and oxygen atoms in total. The number of halogens is 1. The molecule has 6 heteroatoms. The van der Waals surface area contributed by atoms with Gasteiger partial charge in [0.15, 0.2) is 0 Å². The Morgan fingerprint density at radius 3 is 2.33 bits per heavy atom. The van der Waals surface area contributed by atoms with Crippen molar-refractivity contribution in [2.24, 2.45) is 0 Å². The van der Waals surface area contributed by atoms with Gasteiger partial charge in [0.05, 0.1) is 16.9 Å². The van der Waals surface area contributed by atoms with Crippen LogP contribution in [0.15, 0.2) is 60.8 Å². The Hall–Kier alpha value is -2.92. The molecule has 4 rings (SSSR count). The van der Waals surface area contributed by atoms with Crippen molar-refractivity contribution in [3.63, 3.8) is 0 Å². The normalized spacial score (nSPS) is 18.6. The summed E-state index contributed by atoms with van der Waals surface area (Å²) in [6.45, 7) is 1.57. The van der Waals surface area contributed by atoms with E-state index in [-0.39, 0.29) is 11.9 Å². The Morgan fingerprint density at radius 1 is 0.933 bits per heavy atom. The molecule has 0 spiro atoms. The number of hydrogen-bond donors (Lipinski definition) is 2. The Kier molecular flexibility index (Phi) is 6.29. The van der Waals surface area contributed by atoms with Crippen molar-refractivity contribution in [3.8, 4) is 22.4 Å². The zero-order chi connectivity index (χ0) is 20.9. The molecule has 0 saturated heterocycles. The summed E-state index contributed by atoms with van der Waals surface area (Å²) in [5.74, 6) is 0.623. The standard InChI is InChI=1S/C24H25ClN4O/c1-16(30)27-20-10-12-21(13-11-20)28-24-26-15-22(25)23(29-24)19-9-5-8-18(14-19)17-6-3-2-4-7-17/h2-9,14-15,20-21H,10-13H2,1H3,(H,27,30)(H,26,28,29)/t20-,21+. The largest absolute Gasteiger partial charge is 0.354 e. The maximum atomic E-state index is 11.2. The molecule has 1 aliphatic rings. The lowest BCUT2D eigenvalue weighted by Gasteiger charge is -2.29. The van der Waals surface area contributed by atoms with Gasteiger partial charge in [-0.1, -0.05) is 60.1 Å². The van der Waals surface area contributed by atoms with Crippen LogP contribution in [0.2, 0.25) is 5.02 Å². The van der Waals surface area contributed by atoms with Gasteiger partial charge in [-0.05, 0) is 42.9 Å². The second kappa shape index (κ2) is 9.26. The second-order valence-corrected chi connectivity index (χ2v) is 8.14. The highest BCUT2D eigenvalue weighted by Crippen LogP contribution is 2.30. The highest BCUT2D eigenvalue weighted by molar-refractivity contribution is 6.32. The number of nitrogens with zero attached hydrogens (tertiary/aromatic N) is 2. The fourth-order valence-corrected chi connectivity index (χ4v) is 4.17. The highest BCUT2D eigenvalue weighted by Gasteiger charge is 2.22. The Labute approximate surface area is 181 Å². The van der Waals surface area contributed by atoms with Gasteiger partial charge < -0.3 is 10.6 Å². The van der Waals surface area contributed by atoms with Crippen molar-refractivity contribution in [2.45, 2.75) is 44.7 Å². The molecule has 1 amide bonds. The predicted octanol–water partition coefficient (Wildman–Crippen LogP) is 5.32. The number of carbonyl (C=O) groups is 1. The lowest BCUT2D eigenvalue weighted by Crippen LogP contribution is -2.39. The van der Waals surface area contributed by atoms with E-state index in [4.69, 9.17) is 16.6 Å². The van der Waals surface area contributed by atoms with E-state index in [1.165, 1.54) is 0 Å². The molecule has 1 saturated carbocycles. The summed E-state index contributed by atoms with van der Waals surface area (Å²) >= 11 is 6.45. The summed E-state index contributed by atoms with van der Waals surface area (Å²) in [4.78, 5) is 20.3. The Morgan fingerprint density at radius 2 is 1.60 bits per heavy atom. The Balaban J connectivity index is 1.50.